The molecule has 0 amide bonds. The van der Waals surface area contributed by atoms with Gasteiger partial charge in [-0.05, 0) is 12.1 Å². The maximum atomic E-state index is 13.9. The van der Waals surface area contributed by atoms with E-state index in [0.29, 0.717) is 5.02 Å². The van der Waals surface area contributed by atoms with Crippen LogP contribution in [0.3, 0.4) is 0 Å². The van der Waals surface area contributed by atoms with Crippen molar-refractivity contribution in [2.45, 2.75) is 0 Å². The fourth-order valence-corrected chi connectivity index (χ4v) is 5.36. The van der Waals surface area contributed by atoms with Crippen LogP contribution >= 0.6 is 18.7 Å². The minimum atomic E-state index is -2.89. The topological polar surface area (TPSA) is 17.1 Å². The SMILES string of the molecule is O=P(c1ccccc1)(c1ccccc1)c1cccc(Cl)c1. The van der Waals surface area contributed by atoms with Crippen LogP contribution in [0.4, 0.5) is 0 Å². The molecule has 0 aromatic heterocycles. The normalized spacial score (nSPS) is 11.3. The van der Waals surface area contributed by atoms with Gasteiger partial charge in [0.1, 0.15) is 0 Å². The fraction of sp³-hybridized carbons (Fsp3) is 0. The Labute approximate surface area is 129 Å². The first-order valence-corrected chi connectivity index (χ1v) is 8.77. The predicted octanol–water partition coefficient (Wildman–Crippen LogP) is 3.98. The van der Waals surface area contributed by atoms with Gasteiger partial charge in [0, 0.05) is 20.9 Å². The van der Waals surface area contributed by atoms with Crippen LogP contribution in [0.5, 0.6) is 0 Å². The Morgan fingerprint density at radius 3 is 1.57 bits per heavy atom. The van der Waals surface area contributed by atoms with E-state index in [2.05, 4.69) is 0 Å². The van der Waals surface area contributed by atoms with E-state index < -0.39 is 7.14 Å². The lowest BCUT2D eigenvalue weighted by Crippen LogP contribution is -2.24. The summed E-state index contributed by atoms with van der Waals surface area (Å²) >= 11 is 6.10. The third-order valence-electron chi connectivity index (χ3n) is 3.41. The molecular weight excluding hydrogens is 299 g/mol. The molecule has 0 spiro atoms. The van der Waals surface area contributed by atoms with E-state index in [4.69, 9.17) is 11.6 Å². The van der Waals surface area contributed by atoms with Crippen LogP contribution in [0.1, 0.15) is 0 Å². The maximum absolute atomic E-state index is 13.9. The van der Waals surface area contributed by atoms with Crippen molar-refractivity contribution in [1.29, 1.82) is 0 Å². The van der Waals surface area contributed by atoms with Crippen LogP contribution < -0.4 is 15.9 Å². The zero-order valence-corrected chi connectivity index (χ0v) is 13.0. The van der Waals surface area contributed by atoms with Gasteiger partial charge in [-0.2, -0.15) is 0 Å². The van der Waals surface area contributed by atoms with Crippen molar-refractivity contribution in [3.63, 3.8) is 0 Å². The first-order chi connectivity index (χ1) is 10.2. The first-order valence-electron chi connectivity index (χ1n) is 6.69. The molecule has 1 nitrogen and oxygen atoms in total. The number of hydrogen-bond donors (Lipinski definition) is 0. The second-order valence-electron chi connectivity index (χ2n) is 4.76. The Kier molecular flexibility index (Phi) is 3.96. The Morgan fingerprint density at radius 1 is 0.619 bits per heavy atom. The van der Waals surface area contributed by atoms with Crippen LogP contribution in [0.25, 0.3) is 0 Å². The molecule has 0 unspecified atom stereocenters. The molecule has 104 valence electrons. The summed E-state index contributed by atoms with van der Waals surface area (Å²) in [6.07, 6.45) is 0. The minimum absolute atomic E-state index is 0.597. The van der Waals surface area contributed by atoms with Crippen molar-refractivity contribution in [3.05, 3.63) is 90.0 Å². The monoisotopic (exact) mass is 312 g/mol. The highest BCUT2D eigenvalue weighted by molar-refractivity contribution is 7.85. The largest absolute Gasteiger partial charge is 0.309 e. The number of hydrogen-bond acceptors (Lipinski definition) is 1. The average Bonchev–Trinajstić information content (AvgIpc) is 2.56. The zero-order valence-electron chi connectivity index (χ0n) is 11.3. The van der Waals surface area contributed by atoms with Crippen molar-refractivity contribution >= 4 is 34.7 Å². The number of rotatable bonds is 3. The summed E-state index contributed by atoms with van der Waals surface area (Å²) in [5.41, 5.74) is 0. The van der Waals surface area contributed by atoms with Crippen LogP contribution in [-0.2, 0) is 4.57 Å². The van der Waals surface area contributed by atoms with Gasteiger partial charge in [-0.1, -0.05) is 84.4 Å². The summed E-state index contributed by atoms with van der Waals surface area (Å²) in [7, 11) is -2.89. The molecule has 21 heavy (non-hydrogen) atoms. The van der Waals surface area contributed by atoms with E-state index in [-0.39, 0.29) is 0 Å². The molecular formula is C18H14ClOP. The minimum Gasteiger partial charge on any atom is -0.309 e. The van der Waals surface area contributed by atoms with Gasteiger partial charge >= 0.3 is 0 Å². The molecule has 3 aromatic carbocycles. The smallest absolute Gasteiger partial charge is 0.171 e. The summed E-state index contributed by atoms with van der Waals surface area (Å²) in [5.74, 6) is 0. The van der Waals surface area contributed by atoms with Gasteiger partial charge in [-0.3, -0.25) is 0 Å². The van der Waals surface area contributed by atoms with Gasteiger partial charge in [0.05, 0.1) is 0 Å². The molecule has 3 heteroatoms. The molecule has 0 radical (unpaired) electrons. The Balaban J connectivity index is 2.29. The van der Waals surface area contributed by atoms with Crippen molar-refractivity contribution < 1.29 is 4.57 Å². The molecule has 0 N–H and O–H groups in total. The van der Waals surface area contributed by atoms with Gasteiger partial charge in [0.15, 0.2) is 7.14 Å². The summed E-state index contributed by atoms with van der Waals surface area (Å²) in [5, 5.41) is 2.99. The highest BCUT2D eigenvalue weighted by Crippen LogP contribution is 2.42. The molecule has 3 aromatic rings. The third kappa shape index (κ3) is 2.68. The Hall–Kier alpha value is -1.82. The van der Waals surface area contributed by atoms with E-state index in [1.165, 1.54) is 0 Å². The van der Waals surface area contributed by atoms with E-state index in [1.54, 1.807) is 12.1 Å². The molecule has 0 aliphatic heterocycles. The quantitative estimate of drug-likeness (QED) is 0.669. The highest BCUT2D eigenvalue weighted by Gasteiger charge is 2.29. The van der Waals surface area contributed by atoms with Crippen LogP contribution in [0.2, 0.25) is 5.02 Å². The van der Waals surface area contributed by atoms with Crippen LogP contribution in [-0.4, -0.2) is 0 Å². The molecule has 0 aliphatic rings. The predicted molar refractivity (Wildman–Crippen MR) is 90.8 cm³/mol. The molecule has 0 bridgehead atoms. The third-order valence-corrected chi connectivity index (χ3v) is 6.70. The average molecular weight is 313 g/mol. The van der Waals surface area contributed by atoms with Crippen molar-refractivity contribution in [3.8, 4) is 0 Å². The zero-order chi connectivity index (χ0) is 14.7. The van der Waals surface area contributed by atoms with Crippen molar-refractivity contribution in [1.82, 2.24) is 0 Å². The Bertz CT molecular complexity index is 741. The molecule has 3 rings (SSSR count). The highest BCUT2D eigenvalue weighted by atomic mass is 35.5. The maximum Gasteiger partial charge on any atom is 0.171 e. The van der Waals surface area contributed by atoms with Gasteiger partial charge in [0.25, 0.3) is 0 Å². The van der Waals surface area contributed by atoms with Gasteiger partial charge in [-0.25, -0.2) is 0 Å². The van der Waals surface area contributed by atoms with E-state index >= 15 is 0 Å². The second-order valence-corrected chi connectivity index (χ2v) is 7.96. The summed E-state index contributed by atoms with van der Waals surface area (Å²) in [6.45, 7) is 0. The standard InChI is InChI=1S/C18H14ClOP/c19-15-8-7-13-18(14-15)21(20,16-9-3-1-4-10-16)17-11-5-2-6-12-17/h1-14H. The summed E-state index contributed by atoms with van der Waals surface area (Å²) in [4.78, 5) is 0. The lowest BCUT2D eigenvalue weighted by Gasteiger charge is -2.20. The fourth-order valence-electron chi connectivity index (χ4n) is 2.40. The lowest BCUT2D eigenvalue weighted by atomic mass is 10.3. The number of benzene rings is 3. The summed E-state index contributed by atoms with van der Waals surface area (Å²) < 4.78 is 13.9. The van der Waals surface area contributed by atoms with Gasteiger partial charge in [-0.15, -0.1) is 0 Å². The Morgan fingerprint density at radius 2 is 1.10 bits per heavy atom. The van der Waals surface area contributed by atoms with Gasteiger partial charge in [0.2, 0.25) is 0 Å². The van der Waals surface area contributed by atoms with Gasteiger partial charge < -0.3 is 4.57 Å². The first kappa shape index (κ1) is 14.1. The van der Waals surface area contributed by atoms with Crippen molar-refractivity contribution in [2.75, 3.05) is 0 Å². The number of halogens is 1. The van der Waals surface area contributed by atoms with E-state index in [0.717, 1.165) is 15.9 Å². The molecule has 0 saturated carbocycles. The van der Waals surface area contributed by atoms with Crippen molar-refractivity contribution in [2.24, 2.45) is 0 Å². The summed E-state index contributed by atoms with van der Waals surface area (Å²) in [6, 6.07) is 26.5. The van der Waals surface area contributed by atoms with E-state index in [1.807, 2.05) is 72.8 Å². The van der Waals surface area contributed by atoms with E-state index in [9.17, 15) is 4.57 Å². The second kappa shape index (κ2) is 5.89. The molecule has 0 saturated heterocycles. The van der Waals surface area contributed by atoms with Crippen LogP contribution in [0.15, 0.2) is 84.9 Å². The molecule has 0 heterocycles. The lowest BCUT2D eigenvalue weighted by molar-refractivity contribution is 0.592. The molecule has 0 aliphatic carbocycles. The molecule has 0 fully saturated rings. The molecule has 0 atom stereocenters. The van der Waals surface area contributed by atoms with Crippen LogP contribution in [0, 0.1) is 0 Å².